The molecule has 1 atom stereocenters. The molecular weight excluding hydrogens is 288 g/mol. The Hall–Kier alpha value is 0.130. The first-order valence-electron chi connectivity index (χ1n) is 7.59. The van der Waals surface area contributed by atoms with Crippen LogP contribution in [0.15, 0.2) is 0 Å². The van der Waals surface area contributed by atoms with Gasteiger partial charge >= 0.3 is 0 Å². The van der Waals surface area contributed by atoms with Crippen molar-refractivity contribution < 1.29 is 4.79 Å². The van der Waals surface area contributed by atoms with Crippen molar-refractivity contribution in [3.8, 4) is 0 Å². The molecule has 118 valence electrons. The summed E-state index contributed by atoms with van der Waals surface area (Å²) >= 11 is 0. The molecule has 0 spiro atoms. The SMILES string of the molecule is CN(C)CC(C)(C)CNC(=O)CCCC[C@H]1CCSS1. The lowest BCUT2D eigenvalue weighted by Gasteiger charge is -2.28. The zero-order valence-corrected chi connectivity index (χ0v) is 15.0. The number of nitrogens with zero attached hydrogens (tertiary/aromatic N) is 1. The minimum absolute atomic E-state index is 0.136. The Labute approximate surface area is 132 Å². The van der Waals surface area contributed by atoms with Gasteiger partial charge in [0.25, 0.3) is 0 Å². The topological polar surface area (TPSA) is 32.3 Å². The molecule has 0 aliphatic carbocycles. The summed E-state index contributed by atoms with van der Waals surface area (Å²) in [5.41, 5.74) is 0.136. The fraction of sp³-hybridized carbons (Fsp3) is 0.933. The molecular formula is C15H30N2OS2. The van der Waals surface area contributed by atoms with E-state index in [0.29, 0.717) is 6.42 Å². The van der Waals surface area contributed by atoms with Crippen molar-refractivity contribution in [3.63, 3.8) is 0 Å². The number of amides is 1. The zero-order chi connectivity index (χ0) is 15.0. The summed E-state index contributed by atoms with van der Waals surface area (Å²) in [6, 6.07) is 0. The highest BCUT2D eigenvalue weighted by Gasteiger charge is 2.20. The van der Waals surface area contributed by atoms with Crippen molar-refractivity contribution in [2.24, 2.45) is 5.41 Å². The van der Waals surface area contributed by atoms with E-state index < -0.39 is 0 Å². The molecule has 1 saturated heterocycles. The van der Waals surface area contributed by atoms with E-state index in [1.165, 1.54) is 25.0 Å². The minimum Gasteiger partial charge on any atom is -0.356 e. The molecule has 1 heterocycles. The van der Waals surface area contributed by atoms with E-state index in [1.54, 1.807) is 0 Å². The van der Waals surface area contributed by atoms with Crippen molar-refractivity contribution in [2.45, 2.75) is 51.2 Å². The lowest BCUT2D eigenvalue weighted by atomic mass is 9.93. The van der Waals surface area contributed by atoms with Gasteiger partial charge in [-0.25, -0.2) is 0 Å². The van der Waals surface area contributed by atoms with Gasteiger partial charge in [-0.1, -0.05) is 41.9 Å². The molecule has 0 aromatic rings. The molecule has 1 N–H and O–H groups in total. The van der Waals surface area contributed by atoms with Crippen LogP contribution in [0.25, 0.3) is 0 Å². The second-order valence-electron chi connectivity index (χ2n) is 6.75. The van der Waals surface area contributed by atoms with Crippen LogP contribution in [0.1, 0.15) is 46.0 Å². The molecule has 1 amide bonds. The van der Waals surface area contributed by atoms with Crippen LogP contribution in [0, 0.1) is 5.41 Å². The predicted molar refractivity (Wildman–Crippen MR) is 92.3 cm³/mol. The van der Waals surface area contributed by atoms with Crippen LogP contribution in [0.3, 0.4) is 0 Å². The van der Waals surface area contributed by atoms with E-state index in [4.69, 9.17) is 0 Å². The number of carbonyl (C=O) groups is 1. The Morgan fingerprint density at radius 1 is 1.35 bits per heavy atom. The molecule has 5 heteroatoms. The number of hydrogen-bond acceptors (Lipinski definition) is 4. The van der Waals surface area contributed by atoms with Crippen LogP contribution >= 0.6 is 21.6 Å². The summed E-state index contributed by atoms with van der Waals surface area (Å²) in [7, 11) is 8.17. The summed E-state index contributed by atoms with van der Waals surface area (Å²) in [5.74, 6) is 1.52. The van der Waals surface area contributed by atoms with Crippen molar-refractivity contribution in [2.75, 3.05) is 32.9 Å². The number of nitrogens with one attached hydrogen (secondary N) is 1. The second-order valence-corrected chi connectivity index (χ2v) is 9.54. The van der Waals surface area contributed by atoms with Crippen LogP contribution in [0.5, 0.6) is 0 Å². The summed E-state index contributed by atoms with van der Waals surface area (Å²) in [5, 5.41) is 3.92. The molecule has 1 rings (SSSR count). The molecule has 1 aliphatic heterocycles. The van der Waals surface area contributed by atoms with Crippen molar-refractivity contribution in [1.82, 2.24) is 10.2 Å². The van der Waals surface area contributed by atoms with Gasteiger partial charge < -0.3 is 10.2 Å². The van der Waals surface area contributed by atoms with Gasteiger partial charge in [-0.3, -0.25) is 4.79 Å². The molecule has 0 aromatic heterocycles. The smallest absolute Gasteiger partial charge is 0.220 e. The van der Waals surface area contributed by atoms with Gasteiger partial charge in [-0.2, -0.15) is 0 Å². The summed E-state index contributed by atoms with van der Waals surface area (Å²) in [6.45, 7) is 6.15. The van der Waals surface area contributed by atoms with Crippen molar-refractivity contribution in [3.05, 3.63) is 0 Å². The Kier molecular flexibility index (Phi) is 8.37. The van der Waals surface area contributed by atoms with Gasteiger partial charge in [0.05, 0.1) is 0 Å². The Bertz CT molecular complexity index is 290. The van der Waals surface area contributed by atoms with Gasteiger partial charge in [-0.15, -0.1) is 0 Å². The van der Waals surface area contributed by atoms with Gasteiger partial charge in [0.1, 0.15) is 0 Å². The van der Waals surface area contributed by atoms with Crippen LogP contribution in [-0.4, -0.2) is 49.0 Å². The maximum atomic E-state index is 11.8. The number of unbranched alkanes of at least 4 members (excludes halogenated alkanes) is 1. The third kappa shape index (κ3) is 8.42. The first-order chi connectivity index (χ1) is 9.39. The molecule has 0 aromatic carbocycles. The Morgan fingerprint density at radius 3 is 2.70 bits per heavy atom. The van der Waals surface area contributed by atoms with E-state index >= 15 is 0 Å². The van der Waals surface area contributed by atoms with Gasteiger partial charge in [0, 0.05) is 30.5 Å². The Morgan fingerprint density at radius 2 is 2.10 bits per heavy atom. The van der Waals surface area contributed by atoms with E-state index in [1.807, 2.05) is 21.6 Å². The highest BCUT2D eigenvalue weighted by molar-refractivity contribution is 8.77. The average Bonchev–Trinajstić information content (AvgIpc) is 2.84. The molecule has 1 fully saturated rings. The second kappa shape index (κ2) is 9.21. The maximum Gasteiger partial charge on any atom is 0.220 e. The van der Waals surface area contributed by atoms with Gasteiger partial charge in [-0.05, 0) is 38.8 Å². The minimum atomic E-state index is 0.136. The highest BCUT2D eigenvalue weighted by Crippen LogP contribution is 2.39. The lowest BCUT2D eigenvalue weighted by molar-refractivity contribution is -0.121. The van der Waals surface area contributed by atoms with E-state index in [-0.39, 0.29) is 11.3 Å². The third-order valence-electron chi connectivity index (χ3n) is 3.42. The molecule has 0 unspecified atom stereocenters. The third-order valence-corrected chi connectivity index (χ3v) is 6.42. The van der Waals surface area contributed by atoms with Crippen LogP contribution < -0.4 is 5.32 Å². The van der Waals surface area contributed by atoms with Crippen molar-refractivity contribution >= 4 is 27.5 Å². The fourth-order valence-corrected chi connectivity index (χ4v) is 5.59. The standard InChI is InChI=1S/C15H30N2OS2/c1-15(2,12-17(3)4)11-16-14(18)8-6-5-7-13-9-10-19-20-13/h13H,5-12H2,1-4H3,(H,16,18)/t13-/m0/s1. The largest absolute Gasteiger partial charge is 0.356 e. The van der Waals surface area contributed by atoms with E-state index in [0.717, 1.165) is 24.8 Å². The molecule has 3 nitrogen and oxygen atoms in total. The van der Waals surface area contributed by atoms with Crippen LogP contribution in [-0.2, 0) is 4.79 Å². The van der Waals surface area contributed by atoms with Crippen LogP contribution in [0.4, 0.5) is 0 Å². The van der Waals surface area contributed by atoms with E-state index in [2.05, 4.69) is 38.2 Å². The molecule has 1 aliphatic rings. The Balaban J connectivity index is 2.04. The summed E-state index contributed by atoms with van der Waals surface area (Å²) in [6.07, 6.45) is 5.52. The summed E-state index contributed by atoms with van der Waals surface area (Å²) < 4.78 is 0. The number of hydrogen-bond donors (Lipinski definition) is 1. The molecule has 20 heavy (non-hydrogen) atoms. The van der Waals surface area contributed by atoms with Crippen molar-refractivity contribution in [1.29, 1.82) is 0 Å². The maximum absolute atomic E-state index is 11.8. The average molecular weight is 319 g/mol. The normalized spacial score (nSPS) is 19.6. The first kappa shape index (κ1) is 18.2. The van der Waals surface area contributed by atoms with E-state index in [9.17, 15) is 4.79 Å². The first-order valence-corrected chi connectivity index (χ1v) is 9.97. The fourth-order valence-electron chi connectivity index (χ4n) is 2.56. The quantitative estimate of drug-likeness (QED) is 0.522. The predicted octanol–water partition coefficient (Wildman–Crippen LogP) is 3.40. The lowest BCUT2D eigenvalue weighted by Crippen LogP contribution is -2.39. The van der Waals surface area contributed by atoms with Gasteiger partial charge in [0.2, 0.25) is 5.91 Å². The molecule has 0 saturated carbocycles. The number of rotatable bonds is 9. The molecule has 0 radical (unpaired) electrons. The number of carbonyl (C=O) groups excluding carboxylic acids is 1. The monoisotopic (exact) mass is 318 g/mol. The van der Waals surface area contributed by atoms with Gasteiger partial charge in [0.15, 0.2) is 0 Å². The summed E-state index contributed by atoms with van der Waals surface area (Å²) in [4.78, 5) is 14.0. The van der Waals surface area contributed by atoms with Crippen LogP contribution in [0.2, 0.25) is 0 Å². The molecule has 0 bridgehead atoms. The zero-order valence-electron chi connectivity index (χ0n) is 13.4. The highest BCUT2D eigenvalue weighted by atomic mass is 33.1.